The van der Waals surface area contributed by atoms with Gasteiger partial charge in [-0.1, -0.05) is 25.3 Å². The van der Waals surface area contributed by atoms with Crippen LogP contribution in [0, 0.1) is 0 Å². The Morgan fingerprint density at radius 1 is 1.24 bits per heavy atom. The van der Waals surface area contributed by atoms with E-state index in [0.29, 0.717) is 11.9 Å². The lowest BCUT2D eigenvalue weighted by Gasteiger charge is -2.50. The van der Waals surface area contributed by atoms with Crippen LogP contribution in [-0.2, 0) is 9.53 Å². The fraction of sp³-hybridized carbons (Fsp3) is 0.850. The quantitative estimate of drug-likeness (QED) is 0.539. The second-order valence-electron chi connectivity index (χ2n) is 7.88. The highest BCUT2D eigenvalue weighted by Gasteiger charge is 2.43. The minimum Gasteiger partial charge on any atom is -0.379 e. The van der Waals surface area contributed by atoms with Crippen LogP contribution >= 0.6 is 0 Å². The Balaban J connectivity index is 1.66. The van der Waals surface area contributed by atoms with Crippen LogP contribution in [0.25, 0.3) is 0 Å². The highest BCUT2D eigenvalue weighted by molar-refractivity contribution is 5.78. The number of carbonyl (C=O) groups excluding carboxylic acids is 1. The maximum atomic E-state index is 12.6. The molecule has 1 amide bonds. The van der Waals surface area contributed by atoms with Gasteiger partial charge < -0.3 is 15.0 Å². The third-order valence-corrected chi connectivity index (χ3v) is 6.33. The van der Waals surface area contributed by atoms with Gasteiger partial charge in [-0.05, 0) is 32.2 Å². The predicted molar refractivity (Wildman–Crippen MR) is 101 cm³/mol. The summed E-state index contributed by atoms with van der Waals surface area (Å²) in [6, 6.07) is 0.407. The summed E-state index contributed by atoms with van der Waals surface area (Å²) in [6.45, 7) is 10.2. The molecule has 3 rings (SSSR count). The fourth-order valence-electron chi connectivity index (χ4n) is 4.92. The van der Waals surface area contributed by atoms with Crippen LogP contribution in [0.15, 0.2) is 12.7 Å². The largest absolute Gasteiger partial charge is 0.379 e. The lowest BCUT2D eigenvalue weighted by Crippen LogP contribution is -2.60. The van der Waals surface area contributed by atoms with Gasteiger partial charge in [-0.2, -0.15) is 0 Å². The highest BCUT2D eigenvalue weighted by Crippen LogP contribution is 2.37. The van der Waals surface area contributed by atoms with E-state index in [9.17, 15) is 4.79 Å². The van der Waals surface area contributed by atoms with E-state index in [1.165, 1.54) is 32.1 Å². The Kier molecular flexibility index (Phi) is 6.91. The molecular weight excluding hydrogens is 314 g/mol. The Hall–Kier alpha value is -0.910. The molecule has 3 aliphatic rings. The molecule has 0 aromatic heterocycles. The Morgan fingerprint density at radius 2 is 2.00 bits per heavy atom. The third-order valence-electron chi connectivity index (χ3n) is 6.33. The van der Waals surface area contributed by atoms with Crippen molar-refractivity contribution in [3.05, 3.63) is 12.7 Å². The lowest BCUT2D eigenvalue weighted by molar-refractivity contribution is -0.133. The van der Waals surface area contributed by atoms with E-state index in [0.717, 1.165) is 65.2 Å². The molecule has 5 heteroatoms. The number of hydrogen-bond donors (Lipinski definition) is 1. The van der Waals surface area contributed by atoms with Crippen molar-refractivity contribution in [1.82, 2.24) is 15.1 Å². The Bertz CT molecular complexity index is 442. The average Bonchev–Trinajstić information content (AvgIpc) is 3.00. The van der Waals surface area contributed by atoms with Crippen LogP contribution in [0.2, 0.25) is 0 Å². The summed E-state index contributed by atoms with van der Waals surface area (Å²) >= 11 is 0. The summed E-state index contributed by atoms with van der Waals surface area (Å²) in [5.41, 5.74) is 0.189. The second kappa shape index (κ2) is 9.15. The number of nitrogens with zero attached hydrogens (tertiary/aromatic N) is 2. The zero-order valence-electron chi connectivity index (χ0n) is 15.7. The van der Waals surface area contributed by atoms with Crippen molar-refractivity contribution < 1.29 is 9.53 Å². The highest BCUT2D eigenvalue weighted by atomic mass is 16.5. The molecule has 142 valence electrons. The number of amides is 1. The lowest BCUT2D eigenvalue weighted by atomic mass is 9.79. The van der Waals surface area contributed by atoms with E-state index in [1.54, 1.807) is 0 Å². The molecule has 3 fully saturated rings. The van der Waals surface area contributed by atoms with Crippen molar-refractivity contribution in [3.8, 4) is 0 Å². The van der Waals surface area contributed by atoms with Gasteiger partial charge in [0.15, 0.2) is 0 Å². The number of ether oxygens (including phenoxy) is 1. The molecule has 2 heterocycles. The van der Waals surface area contributed by atoms with Crippen LogP contribution in [0.1, 0.15) is 51.4 Å². The predicted octanol–water partition coefficient (Wildman–Crippen LogP) is 2.18. The van der Waals surface area contributed by atoms with Gasteiger partial charge in [0.1, 0.15) is 0 Å². The zero-order chi connectivity index (χ0) is 17.5. The van der Waals surface area contributed by atoms with Crippen molar-refractivity contribution in [2.24, 2.45) is 0 Å². The minimum atomic E-state index is 0.189. The smallest absolute Gasteiger partial charge is 0.222 e. The SMILES string of the molecule is C=CCNCCC1CCC(=O)N1CC1(N2CCOCC2)CCCCC1. The first-order valence-corrected chi connectivity index (χ1v) is 10.2. The monoisotopic (exact) mass is 349 g/mol. The van der Waals surface area contributed by atoms with Gasteiger partial charge in [-0.15, -0.1) is 6.58 Å². The summed E-state index contributed by atoms with van der Waals surface area (Å²) in [4.78, 5) is 17.5. The number of hydrogen-bond acceptors (Lipinski definition) is 4. The van der Waals surface area contributed by atoms with E-state index in [4.69, 9.17) is 4.74 Å². The van der Waals surface area contributed by atoms with Crippen LogP contribution in [-0.4, -0.2) is 73.2 Å². The second-order valence-corrected chi connectivity index (χ2v) is 7.88. The van der Waals surface area contributed by atoms with E-state index >= 15 is 0 Å². The molecule has 5 nitrogen and oxygen atoms in total. The van der Waals surface area contributed by atoms with E-state index in [1.807, 2.05) is 6.08 Å². The molecule has 1 aliphatic carbocycles. The fourth-order valence-corrected chi connectivity index (χ4v) is 4.92. The third kappa shape index (κ3) is 4.63. The van der Waals surface area contributed by atoms with Gasteiger partial charge in [0, 0.05) is 44.2 Å². The Morgan fingerprint density at radius 3 is 2.72 bits per heavy atom. The number of carbonyl (C=O) groups is 1. The van der Waals surface area contributed by atoms with Gasteiger partial charge >= 0.3 is 0 Å². The molecule has 0 bridgehead atoms. The van der Waals surface area contributed by atoms with E-state index < -0.39 is 0 Å². The van der Waals surface area contributed by atoms with Crippen LogP contribution in [0.4, 0.5) is 0 Å². The first kappa shape index (κ1) is 18.9. The molecule has 0 aromatic carbocycles. The summed E-state index contributed by atoms with van der Waals surface area (Å²) in [5.74, 6) is 0.368. The van der Waals surface area contributed by atoms with Gasteiger partial charge in [-0.25, -0.2) is 0 Å². The summed E-state index contributed by atoms with van der Waals surface area (Å²) in [6.07, 6.45) is 11.1. The van der Waals surface area contributed by atoms with Crippen molar-refractivity contribution in [3.63, 3.8) is 0 Å². The minimum absolute atomic E-state index is 0.189. The molecule has 1 saturated carbocycles. The first-order valence-electron chi connectivity index (χ1n) is 10.2. The molecule has 25 heavy (non-hydrogen) atoms. The normalized spacial score (nSPS) is 27.6. The zero-order valence-corrected chi connectivity index (χ0v) is 15.7. The molecule has 0 spiro atoms. The molecule has 0 aromatic rings. The van der Waals surface area contributed by atoms with Crippen LogP contribution in [0.3, 0.4) is 0 Å². The molecule has 1 N–H and O–H groups in total. The Labute approximate surface area is 152 Å². The van der Waals surface area contributed by atoms with Gasteiger partial charge in [0.2, 0.25) is 5.91 Å². The van der Waals surface area contributed by atoms with E-state index in [-0.39, 0.29) is 5.54 Å². The van der Waals surface area contributed by atoms with Gasteiger partial charge in [0.05, 0.1) is 13.2 Å². The molecule has 1 atom stereocenters. The number of nitrogens with one attached hydrogen (secondary N) is 1. The first-order chi connectivity index (χ1) is 12.2. The maximum absolute atomic E-state index is 12.6. The van der Waals surface area contributed by atoms with Crippen molar-refractivity contribution in [2.45, 2.75) is 62.9 Å². The summed E-state index contributed by atoms with van der Waals surface area (Å²) in [7, 11) is 0. The molecular formula is C20H35N3O2. The summed E-state index contributed by atoms with van der Waals surface area (Å²) < 4.78 is 5.59. The number of likely N-dealkylation sites (tertiary alicyclic amines) is 1. The van der Waals surface area contributed by atoms with Crippen molar-refractivity contribution >= 4 is 5.91 Å². The topological polar surface area (TPSA) is 44.8 Å². The maximum Gasteiger partial charge on any atom is 0.222 e. The van der Waals surface area contributed by atoms with Crippen molar-refractivity contribution in [1.29, 1.82) is 0 Å². The molecule has 1 unspecified atom stereocenters. The van der Waals surface area contributed by atoms with Gasteiger partial charge in [-0.3, -0.25) is 9.69 Å². The number of rotatable bonds is 8. The van der Waals surface area contributed by atoms with E-state index in [2.05, 4.69) is 21.7 Å². The van der Waals surface area contributed by atoms with Crippen LogP contribution < -0.4 is 5.32 Å². The molecule has 2 saturated heterocycles. The molecule has 2 aliphatic heterocycles. The van der Waals surface area contributed by atoms with Crippen LogP contribution in [0.5, 0.6) is 0 Å². The standard InChI is InChI=1S/C20H35N3O2/c1-2-11-21-12-8-18-6-7-19(24)23(18)17-20(9-4-3-5-10-20)22-13-15-25-16-14-22/h2,18,21H,1,3-17H2. The summed E-state index contributed by atoms with van der Waals surface area (Å²) in [5, 5.41) is 3.39. The molecule has 0 radical (unpaired) electrons. The average molecular weight is 350 g/mol. The van der Waals surface area contributed by atoms with Gasteiger partial charge in [0.25, 0.3) is 0 Å². The van der Waals surface area contributed by atoms with Crippen molar-refractivity contribution in [2.75, 3.05) is 45.9 Å². The number of morpholine rings is 1.